The summed E-state index contributed by atoms with van der Waals surface area (Å²) in [6.45, 7) is 4.88. The molecule has 1 rings (SSSR count). The Hall–Kier alpha value is -0.660. The van der Waals surface area contributed by atoms with Crippen LogP contribution in [-0.2, 0) is 16.6 Å². The van der Waals surface area contributed by atoms with Crippen LogP contribution >= 0.6 is 11.6 Å². The first-order valence-corrected chi connectivity index (χ1v) is 8.69. The predicted octanol–water partition coefficient (Wildman–Crippen LogP) is 1.66. The molecule has 0 fully saturated rings. The Kier molecular flexibility index (Phi) is 6.62. The van der Waals surface area contributed by atoms with Gasteiger partial charge in [0, 0.05) is 24.2 Å². The van der Waals surface area contributed by atoms with Crippen molar-refractivity contribution in [2.45, 2.75) is 31.3 Å². The van der Waals surface area contributed by atoms with Gasteiger partial charge in [-0.3, -0.25) is 0 Å². The summed E-state index contributed by atoms with van der Waals surface area (Å²) in [5, 5.41) is 0.370. The van der Waals surface area contributed by atoms with E-state index in [2.05, 4.69) is 4.72 Å². The Morgan fingerprint density at radius 2 is 1.95 bits per heavy atom. The maximum Gasteiger partial charge on any atom is 0.240 e. The van der Waals surface area contributed by atoms with Crippen molar-refractivity contribution in [2.24, 2.45) is 11.7 Å². The van der Waals surface area contributed by atoms with Gasteiger partial charge in [0.1, 0.15) is 0 Å². The first-order chi connectivity index (χ1) is 9.67. The zero-order valence-electron chi connectivity index (χ0n) is 12.9. The Morgan fingerprint density at radius 3 is 2.38 bits per heavy atom. The molecule has 0 heterocycles. The van der Waals surface area contributed by atoms with Gasteiger partial charge in [-0.2, -0.15) is 0 Å². The van der Waals surface area contributed by atoms with Crippen LogP contribution in [0.3, 0.4) is 0 Å². The van der Waals surface area contributed by atoms with Crippen LogP contribution in [0.15, 0.2) is 23.1 Å². The number of nitrogens with two attached hydrogens (primary N) is 1. The Bertz CT molecular complexity index is 574. The van der Waals surface area contributed by atoms with Crippen molar-refractivity contribution in [3.63, 3.8) is 0 Å². The Morgan fingerprint density at radius 1 is 1.33 bits per heavy atom. The van der Waals surface area contributed by atoms with E-state index in [1.807, 2.05) is 32.8 Å². The van der Waals surface area contributed by atoms with Gasteiger partial charge < -0.3 is 10.6 Å². The van der Waals surface area contributed by atoms with E-state index in [0.717, 1.165) is 5.56 Å². The van der Waals surface area contributed by atoms with E-state index in [0.29, 0.717) is 11.6 Å². The number of sulfonamides is 1. The molecule has 0 bridgehead atoms. The number of hydrogen-bond donors (Lipinski definition) is 2. The lowest BCUT2D eigenvalue weighted by Crippen LogP contribution is -2.44. The molecule has 0 aliphatic heterocycles. The minimum atomic E-state index is -3.60. The van der Waals surface area contributed by atoms with E-state index >= 15 is 0 Å². The third kappa shape index (κ3) is 5.23. The molecular formula is C14H24ClN3O2S. The van der Waals surface area contributed by atoms with Crippen molar-refractivity contribution < 1.29 is 8.42 Å². The van der Waals surface area contributed by atoms with Gasteiger partial charge in [-0.1, -0.05) is 31.5 Å². The first kappa shape index (κ1) is 18.4. The second-order valence-corrected chi connectivity index (χ2v) is 7.81. The molecule has 0 radical (unpaired) electrons. The van der Waals surface area contributed by atoms with Gasteiger partial charge in [-0.25, -0.2) is 13.1 Å². The van der Waals surface area contributed by atoms with E-state index < -0.39 is 10.0 Å². The van der Waals surface area contributed by atoms with Gasteiger partial charge in [0.05, 0.1) is 4.90 Å². The number of likely N-dealkylation sites (N-methyl/N-ethyl adjacent to an activating group) is 1. The van der Waals surface area contributed by atoms with Crippen molar-refractivity contribution >= 4 is 21.6 Å². The van der Waals surface area contributed by atoms with E-state index in [1.165, 1.54) is 12.1 Å². The summed E-state index contributed by atoms with van der Waals surface area (Å²) in [5.41, 5.74) is 6.26. The highest BCUT2D eigenvalue weighted by molar-refractivity contribution is 7.89. The number of rotatable bonds is 7. The Labute approximate surface area is 132 Å². The molecule has 0 aliphatic rings. The number of hydrogen-bond acceptors (Lipinski definition) is 4. The molecule has 0 aromatic heterocycles. The molecule has 7 heteroatoms. The molecule has 1 atom stereocenters. The van der Waals surface area contributed by atoms with E-state index in [1.54, 1.807) is 6.07 Å². The highest BCUT2D eigenvalue weighted by Crippen LogP contribution is 2.21. The molecule has 1 aromatic carbocycles. The predicted molar refractivity (Wildman–Crippen MR) is 86.8 cm³/mol. The average Bonchev–Trinajstić information content (AvgIpc) is 2.36. The molecule has 120 valence electrons. The number of halogens is 1. The summed E-state index contributed by atoms with van der Waals surface area (Å²) in [7, 11) is 0.227. The zero-order valence-corrected chi connectivity index (χ0v) is 14.5. The molecule has 3 N–H and O–H groups in total. The standard InChI is InChI=1S/C14H24ClN3O2S/c1-10(2)14(9-18(3)4)17-21(19,20)12-6-5-11(8-16)13(15)7-12/h5-7,10,14,17H,8-9,16H2,1-4H3. The fourth-order valence-electron chi connectivity index (χ4n) is 1.91. The van der Waals surface area contributed by atoms with Crippen molar-refractivity contribution in [3.05, 3.63) is 28.8 Å². The van der Waals surface area contributed by atoms with Crippen LogP contribution in [0.4, 0.5) is 0 Å². The fraction of sp³-hybridized carbons (Fsp3) is 0.571. The van der Waals surface area contributed by atoms with E-state index in [4.69, 9.17) is 17.3 Å². The summed E-state index contributed by atoms with van der Waals surface area (Å²) < 4.78 is 27.7. The molecule has 1 unspecified atom stereocenters. The number of nitrogens with one attached hydrogen (secondary N) is 1. The monoisotopic (exact) mass is 333 g/mol. The van der Waals surface area contributed by atoms with Gasteiger partial charge >= 0.3 is 0 Å². The second-order valence-electron chi connectivity index (χ2n) is 5.69. The van der Waals surface area contributed by atoms with Crippen LogP contribution in [0, 0.1) is 5.92 Å². The summed E-state index contributed by atoms with van der Waals surface area (Å²) >= 11 is 6.04. The second kappa shape index (κ2) is 7.56. The molecule has 0 spiro atoms. The Balaban J connectivity index is 3.01. The summed E-state index contributed by atoms with van der Waals surface area (Å²) in [6.07, 6.45) is 0. The van der Waals surface area contributed by atoms with Gasteiger partial charge in [-0.15, -0.1) is 0 Å². The fourth-order valence-corrected chi connectivity index (χ4v) is 3.63. The molecule has 0 amide bonds. The topological polar surface area (TPSA) is 75.4 Å². The van der Waals surface area contributed by atoms with Crippen LogP contribution in [0.1, 0.15) is 19.4 Å². The summed E-state index contributed by atoms with van der Waals surface area (Å²) in [4.78, 5) is 2.12. The SMILES string of the molecule is CC(C)C(CN(C)C)NS(=O)(=O)c1ccc(CN)c(Cl)c1. The summed E-state index contributed by atoms with van der Waals surface area (Å²) in [5.74, 6) is 0.181. The molecular weight excluding hydrogens is 310 g/mol. The van der Waals surface area contributed by atoms with Crippen LogP contribution in [0.25, 0.3) is 0 Å². The number of benzene rings is 1. The van der Waals surface area contributed by atoms with Gasteiger partial charge in [0.2, 0.25) is 10.0 Å². The minimum absolute atomic E-state index is 0.161. The molecule has 21 heavy (non-hydrogen) atoms. The zero-order chi connectivity index (χ0) is 16.2. The van der Waals surface area contributed by atoms with Gasteiger partial charge in [0.25, 0.3) is 0 Å². The maximum atomic E-state index is 12.5. The van der Waals surface area contributed by atoms with Crippen LogP contribution in [0.2, 0.25) is 5.02 Å². The lowest BCUT2D eigenvalue weighted by molar-refractivity contribution is 0.314. The summed E-state index contributed by atoms with van der Waals surface area (Å²) in [6, 6.07) is 4.45. The van der Waals surface area contributed by atoms with Crippen LogP contribution in [-0.4, -0.2) is 40.0 Å². The van der Waals surface area contributed by atoms with Crippen LogP contribution < -0.4 is 10.5 Å². The van der Waals surface area contributed by atoms with E-state index in [9.17, 15) is 8.42 Å². The maximum absolute atomic E-state index is 12.5. The molecule has 0 saturated carbocycles. The first-order valence-electron chi connectivity index (χ1n) is 6.83. The van der Waals surface area contributed by atoms with Crippen LogP contribution in [0.5, 0.6) is 0 Å². The van der Waals surface area contributed by atoms with Gasteiger partial charge in [-0.05, 0) is 37.7 Å². The normalized spacial score (nSPS) is 13.9. The highest BCUT2D eigenvalue weighted by Gasteiger charge is 2.23. The lowest BCUT2D eigenvalue weighted by atomic mass is 10.1. The van der Waals surface area contributed by atoms with E-state index in [-0.39, 0.29) is 23.4 Å². The lowest BCUT2D eigenvalue weighted by Gasteiger charge is -2.25. The van der Waals surface area contributed by atoms with Crippen molar-refractivity contribution in [3.8, 4) is 0 Å². The number of nitrogens with zero attached hydrogens (tertiary/aromatic N) is 1. The largest absolute Gasteiger partial charge is 0.326 e. The third-order valence-electron chi connectivity index (χ3n) is 3.23. The smallest absolute Gasteiger partial charge is 0.240 e. The molecule has 5 nitrogen and oxygen atoms in total. The van der Waals surface area contributed by atoms with Crippen molar-refractivity contribution in [1.82, 2.24) is 9.62 Å². The molecule has 0 aliphatic carbocycles. The van der Waals surface area contributed by atoms with Crippen molar-refractivity contribution in [2.75, 3.05) is 20.6 Å². The highest BCUT2D eigenvalue weighted by atomic mass is 35.5. The average molecular weight is 334 g/mol. The third-order valence-corrected chi connectivity index (χ3v) is 5.07. The van der Waals surface area contributed by atoms with Crippen molar-refractivity contribution in [1.29, 1.82) is 0 Å². The van der Waals surface area contributed by atoms with Gasteiger partial charge in [0.15, 0.2) is 0 Å². The molecule has 1 aromatic rings. The minimum Gasteiger partial charge on any atom is -0.326 e. The quantitative estimate of drug-likeness (QED) is 0.795. The molecule has 0 saturated heterocycles.